The minimum atomic E-state index is 0.359. The van der Waals surface area contributed by atoms with Gasteiger partial charge in [0, 0.05) is 16.1 Å². The van der Waals surface area contributed by atoms with E-state index >= 15 is 0 Å². The summed E-state index contributed by atoms with van der Waals surface area (Å²) in [5.41, 5.74) is 0. The van der Waals surface area contributed by atoms with Crippen molar-refractivity contribution in [1.29, 1.82) is 0 Å². The lowest BCUT2D eigenvalue weighted by Gasteiger charge is -1.97. The lowest BCUT2D eigenvalue weighted by Crippen LogP contribution is -2.05. The summed E-state index contributed by atoms with van der Waals surface area (Å²) < 4.78 is 0. The summed E-state index contributed by atoms with van der Waals surface area (Å²) in [6.45, 7) is 0.359. The normalized spacial score (nSPS) is 31.3. The van der Waals surface area contributed by atoms with Gasteiger partial charge in [-0.05, 0) is 0 Å². The molecule has 0 spiro atoms. The van der Waals surface area contributed by atoms with E-state index in [9.17, 15) is 0 Å². The summed E-state index contributed by atoms with van der Waals surface area (Å²) in [6, 6.07) is 0. The van der Waals surface area contributed by atoms with Crippen molar-refractivity contribution in [2.45, 2.75) is 5.25 Å². The highest BCUT2D eigenvalue weighted by molar-refractivity contribution is 8.19. The second kappa shape index (κ2) is 2.84. The molecule has 0 radical (unpaired) electrons. The van der Waals surface area contributed by atoms with Crippen molar-refractivity contribution in [2.75, 3.05) is 17.4 Å². The van der Waals surface area contributed by atoms with Gasteiger partial charge >= 0.3 is 0 Å². The van der Waals surface area contributed by atoms with Crippen LogP contribution in [0.1, 0.15) is 0 Å². The average Bonchev–Trinajstić information content (AvgIpc) is 2.14. The third-order valence-corrected chi connectivity index (χ3v) is 3.74. The predicted molar refractivity (Wildman–Crippen MR) is 35.8 cm³/mol. The maximum absolute atomic E-state index is 8.53. The van der Waals surface area contributed by atoms with Crippen LogP contribution in [-0.2, 0) is 0 Å². The van der Waals surface area contributed by atoms with Gasteiger partial charge in [-0.15, -0.1) is 23.5 Å². The molecule has 0 aromatic heterocycles. The van der Waals surface area contributed by atoms with E-state index in [0.717, 1.165) is 5.75 Å². The Morgan fingerprint density at radius 1 is 1.71 bits per heavy atom. The van der Waals surface area contributed by atoms with Gasteiger partial charge in [-0.25, -0.2) is 0 Å². The van der Waals surface area contributed by atoms with Crippen molar-refractivity contribution >= 4 is 23.5 Å². The lowest BCUT2D eigenvalue weighted by molar-refractivity contribution is 0.302. The first-order chi connectivity index (χ1) is 3.43. The average molecular weight is 136 g/mol. The summed E-state index contributed by atoms with van der Waals surface area (Å²) in [4.78, 5) is 0. The van der Waals surface area contributed by atoms with Crippen LogP contribution in [0, 0.1) is 0 Å². The molecule has 0 saturated carbocycles. The van der Waals surface area contributed by atoms with Gasteiger partial charge in [0.2, 0.25) is 0 Å². The second-order valence-corrected chi connectivity index (χ2v) is 4.14. The van der Waals surface area contributed by atoms with E-state index in [0.29, 0.717) is 11.9 Å². The van der Waals surface area contributed by atoms with Gasteiger partial charge in [0.25, 0.3) is 0 Å². The Hall–Kier alpha value is 0.660. The van der Waals surface area contributed by atoms with Gasteiger partial charge in [-0.2, -0.15) is 0 Å². The fourth-order valence-corrected chi connectivity index (χ4v) is 3.16. The molecule has 1 nitrogen and oxygen atoms in total. The zero-order chi connectivity index (χ0) is 5.11. The first-order valence-electron chi connectivity index (χ1n) is 2.23. The highest BCUT2D eigenvalue weighted by Gasteiger charge is 2.13. The van der Waals surface area contributed by atoms with Crippen LogP contribution in [0.3, 0.4) is 0 Å². The molecule has 1 aliphatic rings. The monoisotopic (exact) mass is 136 g/mol. The summed E-state index contributed by atoms with van der Waals surface area (Å²) in [6.07, 6.45) is 0. The van der Waals surface area contributed by atoms with Gasteiger partial charge < -0.3 is 5.11 Å². The first-order valence-corrected chi connectivity index (χ1v) is 4.44. The number of aliphatic hydroxyl groups is 1. The molecule has 0 aromatic carbocycles. The first kappa shape index (κ1) is 5.79. The standard InChI is InChI=1S/C4H8OS2/c5-1-4-2-6-3-7-4/h4-5H,1-3H2. The van der Waals surface area contributed by atoms with E-state index in [2.05, 4.69) is 0 Å². The SMILES string of the molecule is OCC1CSCS1. The number of thioether (sulfide) groups is 2. The van der Waals surface area contributed by atoms with E-state index in [1.165, 1.54) is 5.08 Å². The molecule has 7 heavy (non-hydrogen) atoms. The van der Waals surface area contributed by atoms with Gasteiger partial charge in [-0.3, -0.25) is 0 Å². The molecule has 1 fully saturated rings. The zero-order valence-electron chi connectivity index (χ0n) is 3.96. The van der Waals surface area contributed by atoms with Crippen molar-refractivity contribution < 1.29 is 5.11 Å². The Bertz CT molecular complexity index is 51.7. The smallest absolute Gasteiger partial charge is 0.0558 e. The van der Waals surface area contributed by atoms with Crippen LogP contribution in [0.5, 0.6) is 0 Å². The predicted octanol–water partition coefficient (Wildman–Crippen LogP) is 0.785. The lowest BCUT2D eigenvalue weighted by atomic mass is 10.5. The van der Waals surface area contributed by atoms with Crippen LogP contribution in [0.2, 0.25) is 0 Å². The van der Waals surface area contributed by atoms with Crippen LogP contribution in [0.15, 0.2) is 0 Å². The van der Waals surface area contributed by atoms with Gasteiger partial charge in [0.15, 0.2) is 0 Å². The molecule has 1 unspecified atom stereocenters. The van der Waals surface area contributed by atoms with Crippen molar-refractivity contribution in [3.63, 3.8) is 0 Å². The fraction of sp³-hybridized carbons (Fsp3) is 1.00. The van der Waals surface area contributed by atoms with Crippen LogP contribution in [0.4, 0.5) is 0 Å². The molecule has 1 saturated heterocycles. The van der Waals surface area contributed by atoms with Gasteiger partial charge in [-0.1, -0.05) is 0 Å². The molecule has 0 amide bonds. The maximum Gasteiger partial charge on any atom is 0.0558 e. The number of hydrogen-bond acceptors (Lipinski definition) is 3. The molecular weight excluding hydrogens is 128 g/mol. The molecule has 0 bridgehead atoms. The Balaban J connectivity index is 2.14. The highest BCUT2D eigenvalue weighted by atomic mass is 32.2. The van der Waals surface area contributed by atoms with Crippen LogP contribution < -0.4 is 0 Å². The van der Waals surface area contributed by atoms with E-state index in [1.54, 1.807) is 0 Å². The molecule has 42 valence electrons. The largest absolute Gasteiger partial charge is 0.395 e. The van der Waals surface area contributed by atoms with Crippen LogP contribution in [-0.4, -0.2) is 27.8 Å². The molecule has 0 aliphatic carbocycles. The van der Waals surface area contributed by atoms with Crippen molar-refractivity contribution in [1.82, 2.24) is 0 Å². The topological polar surface area (TPSA) is 20.2 Å². The molecule has 1 rings (SSSR count). The summed E-state index contributed by atoms with van der Waals surface area (Å²) in [7, 11) is 0. The fourth-order valence-electron chi connectivity index (χ4n) is 0.477. The van der Waals surface area contributed by atoms with Gasteiger partial charge in [0.1, 0.15) is 0 Å². The van der Waals surface area contributed by atoms with E-state index in [-0.39, 0.29) is 0 Å². The van der Waals surface area contributed by atoms with Gasteiger partial charge in [0.05, 0.1) is 6.61 Å². The summed E-state index contributed by atoms with van der Waals surface area (Å²) >= 11 is 3.77. The number of hydrogen-bond donors (Lipinski definition) is 1. The third-order valence-electron chi connectivity index (χ3n) is 0.894. The van der Waals surface area contributed by atoms with E-state index in [1.807, 2.05) is 23.5 Å². The maximum atomic E-state index is 8.53. The quantitative estimate of drug-likeness (QED) is 0.575. The Morgan fingerprint density at radius 2 is 2.57 bits per heavy atom. The molecule has 1 aliphatic heterocycles. The Labute approximate surface area is 51.9 Å². The molecule has 0 aromatic rings. The summed E-state index contributed by atoms with van der Waals surface area (Å²) in [5.74, 6) is 1.14. The highest BCUT2D eigenvalue weighted by Crippen LogP contribution is 2.28. The zero-order valence-corrected chi connectivity index (χ0v) is 5.60. The Morgan fingerprint density at radius 3 is 2.86 bits per heavy atom. The molecule has 1 heterocycles. The van der Waals surface area contributed by atoms with Crippen molar-refractivity contribution in [3.8, 4) is 0 Å². The Kier molecular flexibility index (Phi) is 2.35. The van der Waals surface area contributed by atoms with Crippen molar-refractivity contribution in [3.05, 3.63) is 0 Å². The van der Waals surface area contributed by atoms with Crippen LogP contribution >= 0.6 is 23.5 Å². The third kappa shape index (κ3) is 1.55. The second-order valence-electron chi connectivity index (χ2n) is 1.46. The molecular formula is C4H8OS2. The molecule has 1 N–H and O–H groups in total. The molecule has 1 atom stereocenters. The number of aliphatic hydroxyl groups excluding tert-OH is 1. The van der Waals surface area contributed by atoms with Crippen molar-refractivity contribution in [2.24, 2.45) is 0 Å². The summed E-state index contributed by atoms with van der Waals surface area (Å²) in [5, 5.41) is 10.2. The van der Waals surface area contributed by atoms with E-state index in [4.69, 9.17) is 5.11 Å². The van der Waals surface area contributed by atoms with E-state index < -0.39 is 0 Å². The van der Waals surface area contributed by atoms with Crippen LogP contribution in [0.25, 0.3) is 0 Å². The number of rotatable bonds is 1. The minimum absolute atomic E-state index is 0.359. The molecule has 3 heteroatoms. The minimum Gasteiger partial charge on any atom is -0.395 e.